The molecule has 80 valence electrons. The van der Waals surface area contributed by atoms with Crippen molar-refractivity contribution in [2.75, 3.05) is 13.1 Å². The van der Waals surface area contributed by atoms with Gasteiger partial charge in [0.25, 0.3) is 0 Å². The van der Waals surface area contributed by atoms with Crippen molar-refractivity contribution < 1.29 is 0 Å². The van der Waals surface area contributed by atoms with Crippen LogP contribution in [0.4, 0.5) is 0 Å². The maximum Gasteiger partial charge on any atom is 0.0159 e. The molecule has 14 heavy (non-hydrogen) atoms. The van der Waals surface area contributed by atoms with Crippen LogP contribution in [0.1, 0.15) is 26.0 Å². The summed E-state index contributed by atoms with van der Waals surface area (Å²) in [5.41, 5.74) is 6.97. The molecule has 1 aromatic rings. The normalized spacial score (nSPS) is 11.9. The number of hydrogen-bond donors (Lipinski definition) is 3. The quantitative estimate of drug-likeness (QED) is 0.640. The lowest BCUT2D eigenvalue weighted by Gasteiger charge is -2.25. The summed E-state index contributed by atoms with van der Waals surface area (Å²) in [6.07, 6.45) is 4.01. The first-order valence-corrected chi connectivity index (χ1v) is 5.21. The molecule has 3 heteroatoms. The van der Waals surface area contributed by atoms with E-state index in [0.29, 0.717) is 0 Å². The molecule has 0 saturated heterocycles. The Kier molecular flexibility index (Phi) is 4.17. The molecule has 0 unspecified atom stereocenters. The second kappa shape index (κ2) is 5.17. The van der Waals surface area contributed by atoms with Crippen molar-refractivity contribution in [2.24, 2.45) is 5.73 Å². The topological polar surface area (TPSA) is 53.8 Å². The molecule has 1 rings (SSSR count). The second-order valence-corrected chi connectivity index (χ2v) is 4.29. The molecule has 0 aliphatic heterocycles. The predicted octanol–water partition coefficient (Wildman–Crippen LogP) is 1.27. The number of H-pyrrole nitrogens is 1. The van der Waals surface area contributed by atoms with Gasteiger partial charge in [-0.3, -0.25) is 0 Å². The van der Waals surface area contributed by atoms with Gasteiger partial charge >= 0.3 is 0 Å². The molecule has 4 N–H and O–H groups in total. The standard InChI is InChI=1S/C11H21N3/c1-11(2,6-7-12)14-9-5-10-4-3-8-13-10/h3-4,8,13-14H,5-7,9,12H2,1-2H3. The highest BCUT2D eigenvalue weighted by atomic mass is 15.0. The molecule has 0 amide bonds. The Hall–Kier alpha value is -0.800. The van der Waals surface area contributed by atoms with E-state index in [-0.39, 0.29) is 5.54 Å². The van der Waals surface area contributed by atoms with Gasteiger partial charge in [-0.1, -0.05) is 0 Å². The van der Waals surface area contributed by atoms with Crippen LogP contribution >= 0.6 is 0 Å². The molecule has 3 nitrogen and oxygen atoms in total. The van der Waals surface area contributed by atoms with E-state index in [0.717, 1.165) is 25.9 Å². The molecule has 1 aromatic heterocycles. The summed E-state index contributed by atoms with van der Waals surface area (Å²) < 4.78 is 0. The molecule has 0 saturated carbocycles. The van der Waals surface area contributed by atoms with Crippen LogP contribution in [0.25, 0.3) is 0 Å². The van der Waals surface area contributed by atoms with E-state index in [1.165, 1.54) is 5.69 Å². The number of hydrogen-bond acceptors (Lipinski definition) is 2. The Morgan fingerprint density at radius 3 is 2.86 bits per heavy atom. The van der Waals surface area contributed by atoms with Crippen molar-refractivity contribution >= 4 is 0 Å². The first-order chi connectivity index (χ1) is 6.64. The first-order valence-electron chi connectivity index (χ1n) is 5.21. The minimum absolute atomic E-state index is 0.154. The van der Waals surface area contributed by atoms with E-state index < -0.39 is 0 Å². The summed E-state index contributed by atoms with van der Waals surface area (Å²) >= 11 is 0. The molecular weight excluding hydrogens is 174 g/mol. The monoisotopic (exact) mass is 195 g/mol. The maximum atomic E-state index is 5.53. The van der Waals surface area contributed by atoms with E-state index in [9.17, 15) is 0 Å². The summed E-state index contributed by atoms with van der Waals surface area (Å²) in [5, 5.41) is 3.50. The van der Waals surface area contributed by atoms with Crippen LogP contribution in [0, 0.1) is 0 Å². The largest absolute Gasteiger partial charge is 0.365 e. The zero-order valence-corrected chi connectivity index (χ0v) is 9.14. The molecular formula is C11H21N3. The molecule has 0 aliphatic carbocycles. The molecule has 0 radical (unpaired) electrons. The summed E-state index contributed by atoms with van der Waals surface area (Å²) in [6.45, 7) is 6.11. The summed E-state index contributed by atoms with van der Waals surface area (Å²) in [6, 6.07) is 4.14. The second-order valence-electron chi connectivity index (χ2n) is 4.29. The van der Waals surface area contributed by atoms with Gasteiger partial charge in [0, 0.05) is 24.0 Å². The molecule has 0 spiro atoms. The van der Waals surface area contributed by atoms with E-state index in [1.54, 1.807) is 0 Å². The van der Waals surface area contributed by atoms with E-state index in [2.05, 4.69) is 30.2 Å². The van der Waals surface area contributed by atoms with Gasteiger partial charge in [-0.15, -0.1) is 0 Å². The van der Waals surface area contributed by atoms with Crippen molar-refractivity contribution in [2.45, 2.75) is 32.2 Å². The number of nitrogens with two attached hydrogens (primary N) is 1. The predicted molar refractivity (Wildman–Crippen MR) is 60.2 cm³/mol. The van der Waals surface area contributed by atoms with Gasteiger partial charge < -0.3 is 16.0 Å². The van der Waals surface area contributed by atoms with Crippen LogP contribution in [0.15, 0.2) is 18.3 Å². The SMILES string of the molecule is CC(C)(CCN)NCCc1ccc[nH]1. The minimum atomic E-state index is 0.154. The number of nitrogens with one attached hydrogen (secondary N) is 2. The molecule has 0 aliphatic rings. The van der Waals surface area contributed by atoms with Crippen molar-refractivity contribution in [3.05, 3.63) is 24.0 Å². The van der Waals surface area contributed by atoms with E-state index in [4.69, 9.17) is 5.73 Å². The minimum Gasteiger partial charge on any atom is -0.365 e. The molecule has 0 atom stereocenters. The number of aromatic amines is 1. The lowest BCUT2D eigenvalue weighted by Crippen LogP contribution is -2.42. The third kappa shape index (κ3) is 3.94. The van der Waals surface area contributed by atoms with Crippen LogP contribution in [0.2, 0.25) is 0 Å². The lowest BCUT2D eigenvalue weighted by molar-refractivity contribution is 0.370. The third-order valence-corrected chi connectivity index (χ3v) is 2.43. The lowest BCUT2D eigenvalue weighted by atomic mass is 10.0. The summed E-state index contributed by atoms with van der Waals surface area (Å²) in [5.74, 6) is 0. The van der Waals surface area contributed by atoms with Gasteiger partial charge in [-0.25, -0.2) is 0 Å². The summed E-state index contributed by atoms with van der Waals surface area (Å²) in [7, 11) is 0. The smallest absolute Gasteiger partial charge is 0.0159 e. The Morgan fingerprint density at radius 2 is 2.29 bits per heavy atom. The Morgan fingerprint density at radius 1 is 1.50 bits per heavy atom. The van der Waals surface area contributed by atoms with Crippen molar-refractivity contribution in [1.29, 1.82) is 0 Å². The Bertz CT molecular complexity index is 239. The van der Waals surface area contributed by atoms with Crippen LogP contribution in [0.5, 0.6) is 0 Å². The molecule has 0 fully saturated rings. The van der Waals surface area contributed by atoms with Crippen molar-refractivity contribution in [1.82, 2.24) is 10.3 Å². The molecule has 0 bridgehead atoms. The third-order valence-electron chi connectivity index (χ3n) is 2.43. The molecule has 1 heterocycles. The van der Waals surface area contributed by atoms with Gasteiger partial charge in [0.05, 0.1) is 0 Å². The van der Waals surface area contributed by atoms with Gasteiger partial charge in [0.2, 0.25) is 0 Å². The fourth-order valence-electron chi connectivity index (χ4n) is 1.51. The number of aromatic nitrogens is 1. The van der Waals surface area contributed by atoms with Crippen molar-refractivity contribution in [3.63, 3.8) is 0 Å². The highest BCUT2D eigenvalue weighted by Crippen LogP contribution is 2.06. The average Bonchev–Trinajstić information content (AvgIpc) is 2.56. The highest BCUT2D eigenvalue weighted by molar-refractivity contribution is 5.03. The zero-order chi connectivity index (χ0) is 10.4. The van der Waals surface area contributed by atoms with Gasteiger partial charge in [-0.2, -0.15) is 0 Å². The average molecular weight is 195 g/mol. The van der Waals surface area contributed by atoms with Crippen LogP contribution in [-0.2, 0) is 6.42 Å². The zero-order valence-electron chi connectivity index (χ0n) is 9.14. The Labute approximate surface area is 86.1 Å². The van der Waals surface area contributed by atoms with Crippen LogP contribution < -0.4 is 11.1 Å². The van der Waals surface area contributed by atoms with Gasteiger partial charge in [0.1, 0.15) is 0 Å². The molecule has 0 aromatic carbocycles. The maximum absolute atomic E-state index is 5.53. The highest BCUT2D eigenvalue weighted by Gasteiger charge is 2.14. The van der Waals surface area contributed by atoms with E-state index >= 15 is 0 Å². The van der Waals surface area contributed by atoms with Crippen LogP contribution in [0.3, 0.4) is 0 Å². The van der Waals surface area contributed by atoms with Crippen molar-refractivity contribution in [3.8, 4) is 0 Å². The van der Waals surface area contributed by atoms with Gasteiger partial charge in [-0.05, 0) is 45.4 Å². The Balaban J connectivity index is 2.20. The van der Waals surface area contributed by atoms with Gasteiger partial charge in [0.15, 0.2) is 0 Å². The van der Waals surface area contributed by atoms with E-state index in [1.807, 2.05) is 12.3 Å². The fourth-order valence-corrected chi connectivity index (χ4v) is 1.51. The first kappa shape index (κ1) is 11.3. The fraction of sp³-hybridized carbons (Fsp3) is 0.636. The number of rotatable bonds is 6. The van der Waals surface area contributed by atoms with Crippen LogP contribution in [-0.4, -0.2) is 23.6 Å². The summed E-state index contributed by atoms with van der Waals surface area (Å²) in [4.78, 5) is 3.19.